The Morgan fingerprint density at radius 3 is 2.88 bits per heavy atom. The van der Waals surface area contributed by atoms with E-state index in [4.69, 9.17) is 14.2 Å². The first kappa shape index (κ1) is 16.0. The van der Waals surface area contributed by atoms with E-state index < -0.39 is 29.5 Å². The summed E-state index contributed by atoms with van der Waals surface area (Å²) < 4.78 is 16.5. The fraction of sp³-hybridized carbons (Fsp3) is 0.444. The smallest absolute Gasteiger partial charge is 0.310 e. The summed E-state index contributed by atoms with van der Waals surface area (Å²) in [6, 6.07) is 5.41. The molecular weight excluding hydrogens is 326 g/mol. The summed E-state index contributed by atoms with van der Waals surface area (Å²) in [5.41, 5.74) is 0.0169. The number of methoxy groups -OCH3 is 2. The number of amides is 1. The van der Waals surface area contributed by atoms with Crippen molar-refractivity contribution in [2.45, 2.75) is 18.2 Å². The van der Waals surface area contributed by atoms with Gasteiger partial charge in [-0.05, 0) is 12.1 Å². The second kappa shape index (κ2) is 5.49. The molecule has 3 aliphatic heterocycles. The van der Waals surface area contributed by atoms with Gasteiger partial charge in [0.1, 0.15) is 23.0 Å². The van der Waals surface area contributed by atoms with Crippen LogP contribution in [0.5, 0.6) is 11.5 Å². The van der Waals surface area contributed by atoms with Crippen molar-refractivity contribution >= 4 is 11.9 Å². The van der Waals surface area contributed by atoms with Crippen molar-refractivity contribution in [1.29, 1.82) is 0 Å². The van der Waals surface area contributed by atoms with E-state index in [0.717, 1.165) is 5.56 Å². The van der Waals surface area contributed by atoms with Crippen molar-refractivity contribution < 1.29 is 28.9 Å². The highest BCUT2D eigenvalue weighted by molar-refractivity contribution is 5.90. The quantitative estimate of drug-likeness (QED) is 0.804. The fourth-order valence-electron chi connectivity index (χ4n) is 4.18. The van der Waals surface area contributed by atoms with Gasteiger partial charge in [0.25, 0.3) is 0 Å². The molecule has 1 aromatic carbocycles. The number of carbonyl (C=O) groups is 2. The van der Waals surface area contributed by atoms with Gasteiger partial charge < -0.3 is 24.2 Å². The molecular formula is C18H19NO6. The molecule has 7 nitrogen and oxygen atoms in total. The summed E-state index contributed by atoms with van der Waals surface area (Å²) in [6.07, 6.45) is 3.11. The molecule has 4 rings (SSSR count). The lowest BCUT2D eigenvalue weighted by Gasteiger charge is -2.22. The van der Waals surface area contributed by atoms with E-state index in [-0.39, 0.29) is 5.91 Å². The molecule has 1 aromatic rings. The highest BCUT2D eigenvalue weighted by Gasteiger charge is 2.67. The maximum absolute atomic E-state index is 12.9. The largest absolute Gasteiger partial charge is 0.497 e. The number of ether oxygens (including phenoxy) is 3. The summed E-state index contributed by atoms with van der Waals surface area (Å²) in [6.45, 7) is 0.681. The highest BCUT2D eigenvalue weighted by Crippen LogP contribution is 2.52. The first-order chi connectivity index (χ1) is 12.0. The summed E-state index contributed by atoms with van der Waals surface area (Å²) in [5.74, 6) is -1.36. The number of hydrogen-bond acceptors (Lipinski definition) is 5. The maximum atomic E-state index is 12.9. The van der Waals surface area contributed by atoms with E-state index in [2.05, 4.69) is 0 Å². The Balaban J connectivity index is 1.61. The van der Waals surface area contributed by atoms with Crippen molar-refractivity contribution in [3.63, 3.8) is 0 Å². The SMILES string of the molecule is COc1ccc(CN2CC34C=CC(O3)C(C(=O)O)C4C2=O)c(OC)c1. The Bertz CT molecular complexity index is 775. The van der Waals surface area contributed by atoms with Crippen LogP contribution in [0, 0.1) is 11.8 Å². The Labute approximate surface area is 144 Å². The lowest BCUT2D eigenvalue weighted by atomic mass is 9.77. The second-order valence-electron chi connectivity index (χ2n) is 6.61. The number of carbonyl (C=O) groups excluding carboxylic acids is 1. The average molecular weight is 345 g/mol. The van der Waals surface area contributed by atoms with Crippen LogP contribution in [0.15, 0.2) is 30.4 Å². The van der Waals surface area contributed by atoms with Crippen molar-refractivity contribution in [2.24, 2.45) is 11.8 Å². The Hall–Kier alpha value is -2.54. The number of hydrogen-bond donors (Lipinski definition) is 1. The van der Waals surface area contributed by atoms with Crippen molar-refractivity contribution in [3.8, 4) is 11.5 Å². The van der Waals surface area contributed by atoms with Gasteiger partial charge in [0, 0.05) is 18.2 Å². The lowest BCUT2D eigenvalue weighted by Crippen LogP contribution is -2.39. The summed E-state index contributed by atoms with van der Waals surface area (Å²) in [4.78, 5) is 26.1. The number of benzene rings is 1. The molecule has 132 valence electrons. The van der Waals surface area contributed by atoms with Crippen molar-refractivity contribution in [2.75, 3.05) is 20.8 Å². The van der Waals surface area contributed by atoms with Gasteiger partial charge in [0.05, 0.1) is 32.8 Å². The molecule has 1 N–H and O–H groups in total. The zero-order chi connectivity index (χ0) is 17.8. The number of nitrogens with zero attached hydrogens (tertiary/aromatic N) is 1. The van der Waals surface area contributed by atoms with E-state index in [1.54, 1.807) is 37.3 Å². The predicted octanol–water partition coefficient (Wildman–Crippen LogP) is 1.07. The van der Waals surface area contributed by atoms with Gasteiger partial charge in [0.15, 0.2) is 0 Å². The third-order valence-corrected chi connectivity index (χ3v) is 5.32. The van der Waals surface area contributed by atoms with Gasteiger partial charge in [-0.2, -0.15) is 0 Å². The molecule has 2 bridgehead atoms. The molecule has 2 fully saturated rings. The predicted molar refractivity (Wildman–Crippen MR) is 86.3 cm³/mol. The van der Waals surface area contributed by atoms with Crippen LogP contribution in [-0.4, -0.2) is 54.4 Å². The van der Waals surface area contributed by atoms with Gasteiger partial charge in [-0.25, -0.2) is 0 Å². The summed E-state index contributed by atoms with van der Waals surface area (Å²) in [5, 5.41) is 9.49. The van der Waals surface area contributed by atoms with Crippen LogP contribution in [0.25, 0.3) is 0 Å². The lowest BCUT2D eigenvalue weighted by molar-refractivity contribution is -0.148. The maximum Gasteiger partial charge on any atom is 0.310 e. The first-order valence-corrected chi connectivity index (χ1v) is 8.09. The van der Waals surface area contributed by atoms with Gasteiger partial charge in [-0.15, -0.1) is 0 Å². The average Bonchev–Trinajstić information content (AvgIpc) is 3.23. The van der Waals surface area contributed by atoms with Gasteiger partial charge >= 0.3 is 5.97 Å². The number of aliphatic carboxylic acids is 1. The van der Waals surface area contributed by atoms with Crippen LogP contribution in [0.1, 0.15) is 5.56 Å². The molecule has 4 atom stereocenters. The number of likely N-dealkylation sites (tertiary alicyclic amines) is 1. The standard InChI is InChI=1S/C18H19NO6/c1-23-11-4-3-10(13(7-11)24-2)8-19-9-18-6-5-12(25-18)14(17(21)22)15(18)16(19)20/h3-7,12,14-15H,8-9H2,1-2H3,(H,21,22). The normalized spacial score (nSPS) is 32.2. The number of carboxylic acid groups (broad SMARTS) is 1. The van der Waals surface area contributed by atoms with Gasteiger partial charge in [-0.3, -0.25) is 9.59 Å². The van der Waals surface area contributed by atoms with Crippen LogP contribution >= 0.6 is 0 Å². The molecule has 25 heavy (non-hydrogen) atoms. The Morgan fingerprint density at radius 1 is 1.40 bits per heavy atom. The van der Waals surface area contributed by atoms with Crippen molar-refractivity contribution in [3.05, 3.63) is 35.9 Å². The Kier molecular flexibility index (Phi) is 3.50. The monoisotopic (exact) mass is 345 g/mol. The molecule has 0 aliphatic carbocycles. The third kappa shape index (κ3) is 2.22. The van der Waals surface area contributed by atoms with Gasteiger partial charge in [-0.1, -0.05) is 12.2 Å². The molecule has 1 spiro atoms. The van der Waals surface area contributed by atoms with Crippen LogP contribution < -0.4 is 9.47 Å². The molecule has 0 radical (unpaired) electrons. The topological polar surface area (TPSA) is 85.3 Å². The molecule has 7 heteroatoms. The number of carboxylic acids is 1. The van der Waals surface area contributed by atoms with E-state index in [1.165, 1.54) is 0 Å². The summed E-state index contributed by atoms with van der Waals surface area (Å²) >= 11 is 0. The molecule has 4 unspecified atom stereocenters. The van der Waals surface area contributed by atoms with Crippen molar-refractivity contribution in [1.82, 2.24) is 4.90 Å². The molecule has 3 aliphatic rings. The first-order valence-electron chi connectivity index (χ1n) is 8.09. The summed E-state index contributed by atoms with van der Waals surface area (Å²) in [7, 11) is 3.14. The molecule has 0 aromatic heterocycles. The molecule has 0 saturated carbocycles. The minimum atomic E-state index is -0.988. The minimum absolute atomic E-state index is 0.183. The molecule has 1 amide bonds. The zero-order valence-electron chi connectivity index (χ0n) is 14.0. The number of rotatable bonds is 5. The number of fused-ring (bicyclic) bond motifs is 1. The minimum Gasteiger partial charge on any atom is -0.497 e. The molecule has 3 heterocycles. The van der Waals surface area contributed by atoms with E-state index in [9.17, 15) is 14.7 Å². The zero-order valence-corrected chi connectivity index (χ0v) is 14.0. The van der Waals surface area contributed by atoms with E-state index in [0.29, 0.717) is 24.6 Å². The van der Waals surface area contributed by atoms with E-state index in [1.807, 2.05) is 12.1 Å². The van der Waals surface area contributed by atoms with Crippen LogP contribution in [0.4, 0.5) is 0 Å². The van der Waals surface area contributed by atoms with Crippen LogP contribution in [0.3, 0.4) is 0 Å². The van der Waals surface area contributed by atoms with Gasteiger partial charge in [0.2, 0.25) is 5.91 Å². The van der Waals surface area contributed by atoms with Crippen LogP contribution in [-0.2, 0) is 20.9 Å². The molecule has 2 saturated heterocycles. The highest BCUT2D eigenvalue weighted by atomic mass is 16.5. The van der Waals surface area contributed by atoms with Crippen LogP contribution in [0.2, 0.25) is 0 Å². The third-order valence-electron chi connectivity index (χ3n) is 5.32. The fourth-order valence-corrected chi connectivity index (χ4v) is 4.18. The Morgan fingerprint density at radius 2 is 2.20 bits per heavy atom. The van der Waals surface area contributed by atoms with E-state index >= 15 is 0 Å². The second-order valence-corrected chi connectivity index (χ2v) is 6.61.